The van der Waals surface area contributed by atoms with Crippen molar-refractivity contribution in [3.63, 3.8) is 0 Å². The summed E-state index contributed by atoms with van der Waals surface area (Å²) in [5.74, 6) is 0.569. The van der Waals surface area contributed by atoms with Gasteiger partial charge < -0.3 is 15.4 Å². The molecule has 0 aromatic carbocycles. The van der Waals surface area contributed by atoms with Crippen LogP contribution in [0.4, 0.5) is 5.82 Å². The maximum atomic E-state index is 10.9. The van der Waals surface area contributed by atoms with E-state index in [1.165, 1.54) is 12.4 Å². The Bertz CT molecular complexity index is 324. The largest absolute Gasteiger partial charge is 0.396 e. The summed E-state index contributed by atoms with van der Waals surface area (Å²) in [5, 5.41) is 11.7. The first kappa shape index (κ1) is 10.7. The van der Waals surface area contributed by atoms with Crippen LogP contribution in [0.1, 0.15) is 19.8 Å². The van der Waals surface area contributed by atoms with E-state index in [4.69, 9.17) is 5.11 Å². The minimum Gasteiger partial charge on any atom is -0.396 e. The van der Waals surface area contributed by atoms with Gasteiger partial charge in [-0.05, 0) is 19.8 Å². The lowest BCUT2D eigenvalue weighted by atomic mass is 10.2. The number of H-pyrrole nitrogens is 1. The topological polar surface area (TPSA) is 78.0 Å². The highest BCUT2D eigenvalue weighted by atomic mass is 16.2. The Morgan fingerprint density at radius 1 is 1.71 bits per heavy atom. The maximum Gasteiger partial charge on any atom is 0.252 e. The van der Waals surface area contributed by atoms with Gasteiger partial charge in [-0.1, -0.05) is 0 Å². The molecule has 0 aliphatic rings. The zero-order valence-corrected chi connectivity index (χ0v) is 8.16. The summed E-state index contributed by atoms with van der Waals surface area (Å²) in [6.07, 6.45) is 2.96. The molecule has 0 amide bonds. The van der Waals surface area contributed by atoms with Crippen molar-refractivity contribution in [3.05, 3.63) is 22.7 Å². The van der Waals surface area contributed by atoms with Crippen LogP contribution in [0.25, 0.3) is 0 Å². The molecule has 1 aromatic rings. The van der Waals surface area contributed by atoms with Gasteiger partial charge in [-0.2, -0.15) is 0 Å². The molecule has 3 N–H and O–H groups in total. The van der Waals surface area contributed by atoms with Crippen molar-refractivity contribution in [2.75, 3.05) is 11.9 Å². The molecule has 1 atom stereocenters. The molecule has 0 spiro atoms. The maximum absolute atomic E-state index is 10.9. The van der Waals surface area contributed by atoms with Gasteiger partial charge in [0.25, 0.3) is 5.56 Å². The predicted molar refractivity (Wildman–Crippen MR) is 54.3 cm³/mol. The quantitative estimate of drug-likeness (QED) is 0.636. The predicted octanol–water partition coefficient (Wildman–Crippen LogP) is 0.343. The fraction of sp³-hybridized carbons (Fsp3) is 0.556. The van der Waals surface area contributed by atoms with Crippen molar-refractivity contribution in [1.82, 2.24) is 9.97 Å². The molecular formula is C9H15N3O2. The van der Waals surface area contributed by atoms with Crippen molar-refractivity contribution in [2.24, 2.45) is 0 Å². The average Bonchev–Trinajstić information content (AvgIpc) is 2.15. The lowest BCUT2D eigenvalue weighted by Gasteiger charge is -2.12. The summed E-state index contributed by atoms with van der Waals surface area (Å²) in [6, 6.07) is 1.62. The normalized spacial score (nSPS) is 12.4. The first-order chi connectivity index (χ1) is 6.72. The Morgan fingerprint density at radius 3 is 3.14 bits per heavy atom. The second-order valence-corrected chi connectivity index (χ2v) is 3.21. The number of aliphatic hydroxyl groups is 1. The van der Waals surface area contributed by atoms with Gasteiger partial charge in [0.15, 0.2) is 0 Å². The van der Waals surface area contributed by atoms with Gasteiger partial charge in [-0.25, -0.2) is 4.98 Å². The van der Waals surface area contributed by atoms with E-state index >= 15 is 0 Å². The van der Waals surface area contributed by atoms with Gasteiger partial charge in [0.1, 0.15) is 5.82 Å². The molecule has 0 aliphatic heterocycles. The van der Waals surface area contributed by atoms with E-state index in [9.17, 15) is 4.79 Å². The average molecular weight is 197 g/mol. The highest BCUT2D eigenvalue weighted by Gasteiger charge is 2.02. The van der Waals surface area contributed by atoms with Crippen LogP contribution in [0.15, 0.2) is 17.2 Å². The fourth-order valence-corrected chi connectivity index (χ4v) is 1.17. The fourth-order valence-electron chi connectivity index (χ4n) is 1.17. The zero-order valence-electron chi connectivity index (χ0n) is 8.16. The molecule has 0 radical (unpaired) electrons. The molecule has 0 saturated heterocycles. The van der Waals surface area contributed by atoms with Gasteiger partial charge in [0.2, 0.25) is 0 Å². The van der Waals surface area contributed by atoms with Crippen LogP contribution in [0.2, 0.25) is 0 Å². The van der Waals surface area contributed by atoms with Crippen molar-refractivity contribution in [1.29, 1.82) is 0 Å². The Morgan fingerprint density at radius 2 is 2.50 bits per heavy atom. The highest BCUT2D eigenvalue weighted by molar-refractivity contribution is 5.32. The molecule has 1 heterocycles. The minimum atomic E-state index is -0.170. The van der Waals surface area contributed by atoms with Crippen molar-refractivity contribution >= 4 is 5.82 Å². The van der Waals surface area contributed by atoms with Gasteiger partial charge >= 0.3 is 0 Å². The number of hydrogen-bond acceptors (Lipinski definition) is 4. The summed E-state index contributed by atoms with van der Waals surface area (Å²) in [7, 11) is 0. The summed E-state index contributed by atoms with van der Waals surface area (Å²) in [6.45, 7) is 2.17. The standard InChI is InChI=1S/C9H15N3O2/c1-7(3-2-4-13)12-8-5-9(14)11-6-10-8/h5-7,13H,2-4H2,1H3,(H2,10,11,12,14). The number of rotatable bonds is 5. The molecule has 1 aromatic heterocycles. The Labute approximate surface area is 82.2 Å². The Hall–Kier alpha value is -1.36. The van der Waals surface area contributed by atoms with Crippen LogP contribution in [-0.4, -0.2) is 27.7 Å². The molecule has 0 aliphatic carbocycles. The molecule has 14 heavy (non-hydrogen) atoms. The summed E-state index contributed by atoms with van der Waals surface area (Å²) in [4.78, 5) is 17.3. The third-order valence-corrected chi connectivity index (χ3v) is 1.87. The van der Waals surface area contributed by atoms with Gasteiger partial charge in [0, 0.05) is 18.7 Å². The number of anilines is 1. The molecular weight excluding hydrogens is 182 g/mol. The number of aromatic amines is 1. The van der Waals surface area contributed by atoms with Crippen LogP contribution in [0.5, 0.6) is 0 Å². The minimum absolute atomic E-state index is 0.170. The highest BCUT2D eigenvalue weighted by Crippen LogP contribution is 2.03. The van der Waals surface area contributed by atoms with Gasteiger partial charge in [-0.15, -0.1) is 0 Å². The molecule has 5 nitrogen and oxygen atoms in total. The van der Waals surface area contributed by atoms with Gasteiger partial charge in [0.05, 0.1) is 6.33 Å². The van der Waals surface area contributed by atoms with E-state index in [0.29, 0.717) is 5.82 Å². The number of hydrogen-bond donors (Lipinski definition) is 3. The van der Waals surface area contributed by atoms with Crippen LogP contribution >= 0.6 is 0 Å². The SMILES string of the molecule is CC(CCCO)Nc1cc(=O)[nH]cn1. The second-order valence-electron chi connectivity index (χ2n) is 3.21. The summed E-state index contributed by atoms with van der Waals surface area (Å²) < 4.78 is 0. The van der Waals surface area contributed by atoms with E-state index in [2.05, 4.69) is 15.3 Å². The third-order valence-electron chi connectivity index (χ3n) is 1.87. The van der Waals surface area contributed by atoms with E-state index in [-0.39, 0.29) is 18.2 Å². The lowest BCUT2D eigenvalue weighted by Crippen LogP contribution is -2.18. The molecule has 1 unspecified atom stereocenters. The van der Waals surface area contributed by atoms with Crippen LogP contribution in [0, 0.1) is 0 Å². The van der Waals surface area contributed by atoms with E-state index in [1.807, 2.05) is 6.92 Å². The zero-order chi connectivity index (χ0) is 10.4. The number of aromatic nitrogens is 2. The van der Waals surface area contributed by atoms with Crippen LogP contribution in [0.3, 0.4) is 0 Å². The Kier molecular flexibility index (Phi) is 4.12. The molecule has 5 heteroatoms. The second kappa shape index (κ2) is 5.39. The van der Waals surface area contributed by atoms with Crippen molar-refractivity contribution < 1.29 is 5.11 Å². The van der Waals surface area contributed by atoms with E-state index in [0.717, 1.165) is 12.8 Å². The van der Waals surface area contributed by atoms with Crippen molar-refractivity contribution in [2.45, 2.75) is 25.8 Å². The van der Waals surface area contributed by atoms with E-state index < -0.39 is 0 Å². The molecule has 0 saturated carbocycles. The smallest absolute Gasteiger partial charge is 0.252 e. The lowest BCUT2D eigenvalue weighted by molar-refractivity contribution is 0.282. The number of aliphatic hydroxyl groups excluding tert-OH is 1. The third kappa shape index (κ3) is 3.57. The van der Waals surface area contributed by atoms with Gasteiger partial charge in [-0.3, -0.25) is 4.79 Å². The number of nitrogens with one attached hydrogen (secondary N) is 2. The monoisotopic (exact) mass is 197 g/mol. The first-order valence-electron chi connectivity index (χ1n) is 4.64. The van der Waals surface area contributed by atoms with Crippen molar-refractivity contribution in [3.8, 4) is 0 Å². The first-order valence-corrected chi connectivity index (χ1v) is 4.64. The Balaban J connectivity index is 2.47. The molecule has 0 fully saturated rings. The summed E-state index contributed by atoms with van der Waals surface area (Å²) in [5.41, 5.74) is -0.170. The summed E-state index contributed by atoms with van der Waals surface area (Å²) >= 11 is 0. The molecule has 0 bridgehead atoms. The van der Waals surface area contributed by atoms with E-state index in [1.54, 1.807) is 0 Å². The number of nitrogens with zero attached hydrogens (tertiary/aromatic N) is 1. The molecule has 1 rings (SSSR count). The van der Waals surface area contributed by atoms with Crippen LogP contribution < -0.4 is 10.9 Å². The molecule has 78 valence electrons. The van der Waals surface area contributed by atoms with Crippen LogP contribution in [-0.2, 0) is 0 Å².